The molecule has 4 unspecified atom stereocenters. The summed E-state index contributed by atoms with van der Waals surface area (Å²) in [5, 5.41) is 15.3. The number of carbonyl (C=O) groups is 3. The number of aliphatic carboxylic acids is 1. The Morgan fingerprint density at radius 2 is 1.69 bits per heavy atom. The van der Waals surface area contributed by atoms with Gasteiger partial charge in [0, 0.05) is 18.6 Å². The number of benzene rings is 2. The van der Waals surface area contributed by atoms with E-state index in [1.54, 1.807) is 6.92 Å². The number of ether oxygens (including phenoxy) is 2. The summed E-state index contributed by atoms with van der Waals surface area (Å²) in [4.78, 5) is 37.3. The second-order valence-electron chi connectivity index (χ2n) is 9.83. The predicted octanol–water partition coefficient (Wildman–Crippen LogP) is 3.44. The molecule has 1 saturated heterocycles. The van der Waals surface area contributed by atoms with Crippen molar-refractivity contribution in [2.45, 2.75) is 56.7 Å². The van der Waals surface area contributed by atoms with Gasteiger partial charge in [0.05, 0.1) is 11.5 Å². The minimum atomic E-state index is -0.996. The lowest BCUT2D eigenvalue weighted by Crippen LogP contribution is -2.54. The molecule has 1 aliphatic heterocycles. The summed E-state index contributed by atoms with van der Waals surface area (Å²) in [6.07, 6.45) is 0.848. The largest absolute Gasteiger partial charge is 0.481 e. The van der Waals surface area contributed by atoms with Crippen molar-refractivity contribution in [3.63, 3.8) is 0 Å². The van der Waals surface area contributed by atoms with Crippen molar-refractivity contribution in [1.82, 2.24) is 10.6 Å². The molecule has 0 radical (unpaired) electrons. The highest BCUT2D eigenvalue weighted by Gasteiger charge is 2.47. The maximum absolute atomic E-state index is 12.9. The molecular weight excluding hydrogens is 448 g/mol. The summed E-state index contributed by atoms with van der Waals surface area (Å²) in [7, 11) is 0. The lowest BCUT2D eigenvalue weighted by molar-refractivity contribution is -0.149. The van der Waals surface area contributed by atoms with E-state index in [0.717, 1.165) is 28.7 Å². The molecule has 2 amide bonds. The molecule has 35 heavy (non-hydrogen) atoms. The Balaban J connectivity index is 1.20. The zero-order valence-electron chi connectivity index (χ0n) is 19.7. The van der Waals surface area contributed by atoms with Crippen molar-refractivity contribution >= 4 is 18.0 Å². The van der Waals surface area contributed by atoms with Crippen molar-refractivity contribution in [3.8, 4) is 11.1 Å². The van der Waals surface area contributed by atoms with Crippen LogP contribution in [0.4, 0.5) is 4.79 Å². The molecule has 2 fully saturated rings. The fraction of sp³-hybridized carbons (Fsp3) is 0.444. The minimum Gasteiger partial charge on any atom is -0.481 e. The molecule has 0 spiro atoms. The van der Waals surface area contributed by atoms with E-state index in [1.807, 2.05) is 24.3 Å². The van der Waals surface area contributed by atoms with Gasteiger partial charge in [0.25, 0.3) is 5.91 Å². The third kappa shape index (κ3) is 4.27. The van der Waals surface area contributed by atoms with E-state index in [2.05, 4.69) is 34.9 Å². The number of hydrogen-bond acceptors (Lipinski definition) is 5. The summed E-state index contributed by atoms with van der Waals surface area (Å²) in [5.41, 5.74) is 3.56. The third-order valence-electron chi connectivity index (χ3n) is 7.76. The molecule has 184 valence electrons. The molecule has 3 aliphatic rings. The summed E-state index contributed by atoms with van der Waals surface area (Å²) in [6, 6.07) is 15.2. The van der Waals surface area contributed by atoms with Crippen LogP contribution in [0.5, 0.6) is 0 Å². The highest BCUT2D eigenvalue weighted by molar-refractivity contribution is 5.85. The van der Waals surface area contributed by atoms with Crippen molar-refractivity contribution in [2.24, 2.45) is 5.41 Å². The molecule has 2 aromatic carbocycles. The number of alkyl carbamates (subject to hydrolysis) is 1. The molecule has 3 N–H and O–H groups in total. The predicted molar refractivity (Wildman–Crippen MR) is 128 cm³/mol. The molecule has 0 aromatic heterocycles. The molecule has 2 aromatic rings. The Kier molecular flexibility index (Phi) is 6.23. The Bertz CT molecular complexity index is 1100. The van der Waals surface area contributed by atoms with Gasteiger partial charge in [-0.3, -0.25) is 9.59 Å². The number of amides is 2. The highest BCUT2D eigenvalue weighted by Crippen LogP contribution is 2.44. The highest BCUT2D eigenvalue weighted by atomic mass is 16.6. The molecule has 4 atom stereocenters. The lowest BCUT2D eigenvalue weighted by Gasteiger charge is -2.29. The van der Waals surface area contributed by atoms with Gasteiger partial charge in [-0.25, -0.2) is 4.79 Å². The molecule has 8 heteroatoms. The van der Waals surface area contributed by atoms with Crippen LogP contribution < -0.4 is 10.6 Å². The fourth-order valence-electron chi connectivity index (χ4n) is 5.69. The smallest absolute Gasteiger partial charge is 0.407 e. The first-order valence-electron chi connectivity index (χ1n) is 12.2. The van der Waals surface area contributed by atoms with Crippen molar-refractivity contribution in [1.29, 1.82) is 0 Å². The first-order chi connectivity index (χ1) is 16.9. The van der Waals surface area contributed by atoms with Crippen LogP contribution in [0.1, 0.15) is 49.7 Å². The Hall–Kier alpha value is -3.39. The van der Waals surface area contributed by atoms with Gasteiger partial charge < -0.3 is 25.2 Å². The molecule has 0 bridgehead atoms. The average molecular weight is 479 g/mol. The van der Waals surface area contributed by atoms with E-state index < -0.39 is 41.6 Å². The van der Waals surface area contributed by atoms with Gasteiger partial charge in [-0.2, -0.15) is 0 Å². The van der Waals surface area contributed by atoms with Crippen LogP contribution in [-0.2, 0) is 19.1 Å². The van der Waals surface area contributed by atoms with E-state index in [9.17, 15) is 19.5 Å². The molecular formula is C27H30N2O6. The van der Waals surface area contributed by atoms with E-state index in [0.29, 0.717) is 25.9 Å². The van der Waals surface area contributed by atoms with Crippen LogP contribution >= 0.6 is 0 Å². The van der Waals surface area contributed by atoms with Gasteiger partial charge >= 0.3 is 12.1 Å². The summed E-state index contributed by atoms with van der Waals surface area (Å²) >= 11 is 0. The van der Waals surface area contributed by atoms with Crippen LogP contribution in [0.15, 0.2) is 48.5 Å². The van der Waals surface area contributed by atoms with Crippen molar-refractivity contribution < 1.29 is 29.0 Å². The van der Waals surface area contributed by atoms with Crippen LogP contribution in [-0.4, -0.2) is 54.5 Å². The van der Waals surface area contributed by atoms with Crippen LogP contribution in [0.3, 0.4) is 0 Å². The quantitative estimate of drug-likeness (QED) is 0.586. The summed E-state index contributed by atoms with van der Waals surface area (Å²) < 4.78 is 11.2. The van der Waals surface area contributed by atoms with Gasteiger partial charge in [0.15, 0.2) is 6.10 Å². The number of carbonyl (C=O) groups excluding carboxylic acids is 2. The summed E-state index contributed by atoms with van der Waals surface area (Å²) in [6.45, 7) is 2.17. The summed E-state index contributed by atoms with van der Waals surface area (Å²) in [5.74, 6) is -1.37. The number of nitrogens with one attached hydrogen (secondary N) is 2. The second-order valence-corrected chi connectivity index (χ2v) is 9.83. The number of fused-ring (bicyclic) bond motifs is 3. The average Bonchev–Trinajstić information content (AvgIpc) is 3.55. The maximum atomic E-state index is 12.9. The zero-order chi connectivity index (χ0) is 24.6. The van der Waals surface area contributed by atoms with Crippen molar-refractivity contribution in [3.05, 3.63) is 59.7 Å². The first-order valence-corrected chi connectivity index (χ1v) is 12.2. The Labute approximate surface area is 204 Å². The monoisotopic (exact) mass is 478 g/mol. The molecule has 8 nitrogen and oxygen atoms in total. The fourth-order valence-corrected chi connectivity index (χ4v) is 5.69. The van der Waals surface area contributed by atoms with E-state index in [4.69, 9.17) is 9.47 Å². The van der Waals surface area contributed by atoms with Crippen LogP contribution in [0, 0.1) is 5.41 Å². The van der Waals surface area contributed by atoms with Gasteiger partial charge in [-0.15, -0.1) is 0 Å². The zero-order valence-corrected chi connectivity index (χ0v) is 19.7. The number of carboxylic acid groups (broad SMARTS) is 1. The maximum Gasteiger partial charge on any atom is 0.407 e. The SMILES string of the molecule is CC1(C(=O)O)CCCC1NC(=O)C1OCCC1NC(=O)OCC1c2ccccc2-c2ccccc21. The van der Waals surface area contributed by atoms with E-state index >= 15 is 0 Å². The standard InChI is InChI=1S/C27H30N2O6/c1-27(25(31)32)13-6-11-22(27)29-24(30)23-21(12-14-34-23)28-26(33)35-15-20-18-9-4-2-7-16(18)17-8-3-5-10-19(17)20/h2-5,7-10,20-23H,6,11-15H2,1H3,(H,28,33)(H,29,30)(H,31,32). The number of carboxylic acids is 1. The van der Waals surface area contributed by atoms with Gasteiger partial charge in [0.1, 0.15) is 6.61 Å². The van der Waals surface area contributed by atoms with Gasteiger partial charge in [0.2, 0.25) is 0 Å². The number of hydrogen-bond donors (Lipinski definition) is 3. The second kappa shape index (κ2) is 9.34. The Morgan fingerprint density at radius 3 is 2.34 bits per heavy atom. The van der Waals surface area contributed by atoms with Crippen LogP contribution in [0.2, 0.25) is 0 Å². The van der Waals surface area contributed by atoms with Gasteiger partial charge in [-0.05, 0) is 48.4 Å². The van der Waals surface area contributed by atoms with Gasteiger partial charge in [-0.1, -0.05) is 55.0 Å². The first kappa shape index (κ1) is 23.4. The molecule has 5 rings (SSSR count). The molecule has 1 saturated carbocycles. The topological polar surface area (TPSA) is 114 Å². The van der Waals surface area contributed by atoms with Crippen LogP contribution in [0.25, 0.3) is 11.1 Å². The van der Waals surface area contributed by atoms with E-state index in [1.165, 1.54) is 0 Å². The number of rotatable bonds is 6. The van der Waals surface area contributed by atoms with Crippen molar-refractivity contribution in [2.75, 3.05) is 13.2 Å². The lowest BCUT2D eigenvalue weighted by atomic mass is 9.84. The molecule has 2 aliphatic carbocycles. The minimum absolute atomic E-state index is 0.0527. The normalized spacial score (nSPS) is 27.2. The third-order valence-corrected chi connectivity index (χ3v) is 7.76. The van der Waals surface area contributed by atoms with E-state index in [-0.39, 0.29) is 12.5 Å². The molecule has 1 heterocycles. The Morgan fingerprint density at radius 1 is 1.03 bits per heavy atom.